The van der Waals surface area contributed by atoms with Crippen LogP contribution in [0.4, 0.5) is 58.7 Å². The van der Waals surface area contributed by atoms with Gasteiger partial charge in [0.2, 0.25) is 0 Å². The number of nitrogens with zero attached hydrogens (tertiary/aromatic N) is 21. The molecular formula is C107H125F3N24O10. The van der Waals surface area contributed by atoms with E-state index < -0.39 is 25.2 Å². The number of methoxy groups -OCH3 is 7. The number of Topliss-reactive ketones (excluding diaryl/α,β-unsaturated/α-hetero) is 1. The second-order valence-electron chi connectivity index (χ2n) is 35.9. The highest BCUT2D eigenvalue weighted by atomic mass is 19.3. The van der Waals surface area contributed by atoms with Crippen molar-refractivity contribution in [2.24, 2.45) is 40.0 Å². The van der Waals surface area contributed by atoms with Crippen LogP contribution in [0.2, 0.25) is 0 Å². The number of piperidine rings is 1. The summed E-state index contributed by atoms with van der Waals surface area (Å²) in [5, 5.41) is 37.4. The first-order valence-electron chi connectivity index (χ1n) is 47.8. The van der Waals surface area contributed by atoms with E-state index in [1.54, 1.807) is 137 Å². The Morgan fingerprint density at radius 1 is 0.444 bits per heavy atom. The molecule has 9 heterocycles. The lowest BCUT2D eigenvalue weighted by Gasteiger charge is -2.34. The molecular weight excluding hydrogens is 1840 g/mol. The smallest absolute Gasteiger partial charge is 0.257 e. The number of carbonyl (C=O) groups excluding carboxylic acids is 1. The number of ketones is 1. The van der Waals surface area contributed by atoms with Gasteiger partial charge >= 0.3 is 0 Å². The molecule has 754 valence electrons. The van der Waals surface area contributed by atoms with Crippen LogP contribution in [-0.2, 0) is 33.0 Å². The molecule has 37 heteroatoms. The highest BCUT2D eigenvalue weighted by Crippen LogP contribution is 2.41. The van der Waals surface area contributed by atoms with Gasteiger partial charge < -0.3 is 83.5 Å². The van der Waals surface area contributed by atoms with E-state index in [4.69, 9.17) is 57.8 Å². The summed E-state index contributed by atoms with van der Waals surface area (Å²) in [5.41, 5.74) is 20.1. The third-order valence-corrected chi connectivity index (χ3v) is 24.5. The number of likely N-dealkylation sites (tertiary alicyclic amines) is 1. The summed E-state index contributed by atoms with van der Waals surface area (Å²) in [6, 6.07) is 47.1. The minimum absolute atomic E-state index is 0.00973. The normalized spacial score (nSPS) is 13.3. The lowest BCUT2D eigenvalue weighted by Crippen LogP contribution is -2.41. The van der Waals surface area contributed by atoms with Gasteiger partial charge in [0.05, 0.1) is 185 Å². The van der Waals surface area contributed by atoms with Gasteiger partial charge in [-0.05, 0) is 124 Å². The fraction of sp³-hybridized carbons (Fsp3) is 0.355. The minimum Gasteiger partial charge on any atom is -0.497 e. The van der Waals surface area contributed by atoms with Crippen LogP contribution in [0.1, 0.15) is 53.4 Å². The molecule has 0 radical (unpaired) electrons. The number of aryl methyl sites for hydroxylation is 4. The SMILES string of the molecule is COc1cc(OC)cc(N(CCN2CCCC(C(C)=O)C2)c2ccc3ncc(-c4cnn(C)c4)nc3c2)c1.COc1cc(OC)cc(N(CCNCC2CC2)c2ccc3ncc(-c4cnn(C)c4)nc3c2)c1.COc1cc(OC)cc(N(C[C@@H](O)CNCC(C)(F)F)c2ccc3ncc(-c4cnn(C)c4)nc3c2)c1.COc1cc(OCCF)cc(N(CCNC(C)C)c2ccc3ncc(-c4cnn(C)c4)nc3c2)c1. The van der Waals surface area contributed by atoms with E-state index in [2.05, 4.69) is 114 Å². The van der Waals surface area contributed by atoms with Crippen LogP contribution in [0.5, 0.6) is 46.0 Å². The summed E-state index contributed by atoms with van der Waals surface area (Å²) in [6.07, 6.45) is 25.5. The van der Waals surface area contributed by atoms with Crippen molar-refractivity contribution in [1.29, 1.82) is 0 Å². The number of rotatable bonds is 41. The molecule has 34 nitrogen and oxygen atoms in total. The number of hydrogen-bond donors (Lipinski definition) is 4. The molecule has 1 aliphatic carbocycles. The number of ether oxygens (including phenoxy) is 8. The first kappa shape index (κ1) is 103. The lowest BCUT2D eigenvalue weighted by molar-refractivity contribution is -0.122. The summed E-state index contributed by atoms with van der Waals surface area (Å²) >= 11 is 0. The van der Waals surface area contributed by atoms with Gasteiger partial charge in [-0.2, -0.15) is 20.4 Å². The van der Waals surface area contributed by atoms with Crippen LogP contribution < -0.4 is 73.4 Å². The monoisotopic (exact) mass is 1960 g/mol. The van der Waals surface area contributed by atoms with E-state index in [9.17, 15) is 23.1 Å². The van der Waals surface area contributed by atoms with Crippen LogP contribution >= 0.6 is 0 Å². The predicted octanol–water partition coefficient (Wildman–Crippen LogP) is 17.0. The molecule has 1 saturated heterocycles. The van der Waals surface area contributed by atoms with E-state index in [1.807, 2.05) is 167 Å². The maximum atomic E-state index is 13.2. The molecule has 1 saturated carbocycles. The van der Waals surface area contributed by atoms with Crippen LogP contribution in [0.3, 0.4) is 0 Å². The maximum Gasteiger partial charge on any atom is 0.257 e. The average Bonchev–Trinajstić information content (AvgIpc) is 1.23. The van der Waals surface area contributed by atoms with Gasteiger partial charge in [-0.15, -0.1) is 0 Å². The first-order valence-corrected chi connectivity index (χ1v) is 47.8. The molecule has 18 rings (SSSR count). The average molecular weight is 1960 g/mol. The summed E-state index contributed by atoms with van der Waals surface area (Å²) in [6.45, 7) is 13.3. The van der Waals surface area contributed by atoms with Crippen molar-refractivity contribution in [3.05, 3.63) is 220 Å². The van der Waals surface area contributed by atoms with Crippen molar-refractivity contribution in [1.82, 2.24) is 99.8 Å². The summed E-state index contributed by atoms with van der Waals surface area (Å²) in [5.74, 6) is 3.64. The van der Waals surface area contributed by atoms with Crippen molar-refractivity contribution in [3.63, 3.8) is 0 Å². The highest BCUT2D eigenvalue weighted by Gasteiger charge is 2.28. The number of alkyl halides is 3. The Morgan fingerprint density at radius 2 is 0.792 bits per heavy atom. The molecule has 144 heavy (non-hydrogen) atoms. The number of carbonyl (C=O) groups is 1. The molecule has 0 spiro atoms. The molecule has 0 bridgehead atoms. The molecule has 2 fully saturated rings. The van der Waals surface area contributed by atoms with Crippen LogP contribution in [0.15, 0.2) is 220 Å². The number of aromatic nitrogens is 16. The maximum absolute atomic E-state index is 13.2. The number of nitrogens with one attached hydrogen (secondary N) is 3. The Kier molecular flexibility index (Phi) is 34.8. The number of halogens is 3. The number of fused-ring (bicyclic) bond motifs is 4. The summed E-state index contributed by atoms with van der Waals surface area (Å²) in [7, 11) is 18.9. The molecule has 2 aliphatic rings. The molecule has 1 unspecified atom stereocenters. The van der Waals surface area contributed by atoms with Crippen molar-refractivity contribution in [2.45, 2.75) is 71.4 Å². The Bertz CT molecular complexity index is 6930. The fourth-order valence-electron chi connectivity index (χ4n) is 16.8. The fourth-order valence-corrected chi connectivity index (χ4v) is 16.8. The first-order chi connectivity index (χ1) is 69.7. The quantitative estimate of drug-likeness (QED) is 0.0259. The van der Waals surface area contributed by atoms with E-state index >= 15 is 0 Å². The third-order valence-electron chi connectivity index (χ3n) is 24.5. The minimum atomic E-state index is -2.87. The number of aliphatic hydroxyl groups is 1. The summed E-state index contributed by atoms with van der Waals surface area (Å²) in [4.78, 5) is 60.8. The predicted molar refractivity (Wildman–Crippen MR) is 556 cm³/mol. The second kappa shape index (κ2) is 48.5. The molecule has 16 aromatic rings. The topological polar surface area (TPSA) is 338 Å². The van der Waals surface area contributed by atoms with E-state index in [0.717, 1.165) is 213 Å². The van der Waals surface area contributed by atoms with E-state index in [1.165, 1.54) is 12.8 Å². The standard InChI is InChI=1S/C29H34N6O3.C26H30F2N6O3.C26H31FN6O2.C26H30N6O2/c1-20(36)21-6-5-9-34(19-21)10-11-35(24-12-25(37-3)15-26(13-24)38-4)23-7-8-27-28(14-23)32-29(17-30-27)22-16-31-33(2)18-22;1-26(27,28)16-29-12-20(35)15-34(19-7-21(36-3)10-22(8-19)37-4)18-5-6-23-24(9-18)32-25(13-30-23)17-11-31-33(2)14-17;1-18(2)28-8-9-33(21-11-22(34-4)14-23(12-21)35-10-7-27)20-5-6-24-25(13-20)31-26(16-29-24)19-15-30-32(3)17-19;1-31-17-19(15-29-31)26-16-28-24-7-6-20(12-25(24)30-26)32(9-8-27-14-18-4-5-18)21-10-22(33-2)13-23(11-21)34-3/h7-8,12-18,21H,5-6,9-11,19H2,1-4H3;5-11,13-14,20,29,35H,12,15-16H2,1-4H3;5-6,11-18,28H,7-10H2,1-4H3;6-7,10-13,15-18,27H,4-5,8-9,14H2,1-3H3/t;20-;;/m.0../s1. The number of benzene rings is 8. The largest absolute Gasteiger partial charge is 0.497 e. The number of aliphatic hydroxyl groups excluding tert-OH is 1. The molecule has 8 aromatic heterocycles. The van der Waals surface area contributed by atoms with Crippen molar-refractivity contribution >= 4 is 95.4 Å². The summed E-state index contributed by atoms with van der Waals surface area (Å²) < 4.78 is 90.3. The van der Waals surface area contributed by atoms with Crippen LogP contribution in [-0.4, -0.2) is 254 Å². The van der Waals surface area contributed by atoms with Gasteiger partial charge in [-0.25, -0.2) is 33.1 Å². The molecule has 0 amide bonds. The molecule has 1 aliphatic heterocycles. The molecule has 4 N–H and O–H groups in total. The number of hydrogen-bond acceptors (Lipinski definition) is 30. The zero-order valence-corrected chi connectivity index (χ0v) is 84.0. The van der Waals surface area contributed by atoms with Gasteiger partial charge in [0.1, 0.15) is 65.1 Å². The van der Waals surface area contributed by atoms with Gasteiger partial charge in [-0.3, -0.25) is 43.5 Å². The van der Waals surface area contributed by atoms with E-state index in [-0.39, 0.29) is 31.4 Å². The van der Waals surface area contributed by atoms with Gasteiger partial charge in [0, 0.05) is 265 Å². The third kappa shape index (κ3) is 27.8. The molecule has 8 aromatic carbocycles. The number of anilines is 8. The zero-order chi connectivity index (χ0) is 102. The Balaban J connectivity index is 0.000000145. The van der Waals surface area contributed by atoms with Crippen molar-refractivity contribution in [3.8, 4) is 91.0 Å². The highest BCUT2D eigenvalue weighted by molar-refractivity contribution is 5.88. The van der Waals surface area contributed by atoms with Gasteiger partial charge in [0.25, 0.3) is 5.92 Å². The Morgan fingerprint density at radius 3 is 1.12 bits per heavy atom. The Labute approximate surface area is 835 Å². The molecule has 2 atom stereocenters. The zero-order valence-electron chi connectivity index (χ0n) is 84.0. The van der Waals surface area contributed by atoms with Crippen molar-refractivity contribution in [2.75, 3.05) is 161 Å². The lowest BCUT2D eigenvalue weighted by atomic mass is 9.94. The Hall–Kier alpha value is -15.2. The van der Waals surface area contributed by atoms with Gasteiger partial charge in [0.15, 0.2) is 0 Å². The second-order valence-corrected chi connectivity index (χ2v) is 35.9. The van der Waals surface area contributed by atoms with Crippen molar-refractivity contribution < 1.29 is 61.0 Å². The van der Waals surface area contributed by atoms with Crippen LogP contribution in [0.25, 0.3) is 89.2 Å². The van der Waals surface area contributed by atoms with E-state index in [0.29, 0.717) is 58.0 Å². The van der Waals surface area contributed by atoms with Gasteiger partial charge in [-0.1, -0.05) is 13.8 Å². The van der Waals surface area contributed by atoms with Crippen LogP contribution in [0, 0.1) is 11.8 Å².